The number of nitrogens with zero attached hydrogens (tertiary/aromatic N) is 2. The number of amides is 2. The van der Waals surface area contributed by atoms with Crippen LogP contribution in [0.25, 0.3) is 0 Å². The molecule has 8 nitrogen and oxygen atoms in total. The standard InChI is InChI=1S/C30H32BrN3O5/c1-39-27-9-5-6-21(20-27)10-19-28(35)33(25-17-13-23(31)14-18-25)29(22-11-15-26(16-12-22)34(37)38)30(36)32-24-7-3-2-4-8-24/h5-6,9,11-18,20,24,29H,2-4,7-8,10,19H2,1H3,(H,32,36). The first-order valence-electron chi connectivity index (χ1n) is 13.1. The summed E-state index contributed by atoms with van der Waals surface area (Å²) in [6, 6.07) is 19.7. The number of nitro benzene ring substituents is 1. The highest BCUT2D eigenvalue weighted by atomic mass is 79.9. The van der Waals surface area contributed by atoms with Crippen molar-refractivity contribution in [2.45, 2.75) is 57.0 Å². The second-order valence-electron chi connectivity index (χ2n) is 9.69. The molecule has 1 aliphatic rings. The van der Waals surface area contributed by atoms with E-state index in [0.29, 0.717) is 23.4 Å². The van der Waals surface area contributed by atoms with Gasteiger partial charge in [0.1, 0.15) is 11.8 Å². The van der Waals surface area contributed by atoms with E-state index in [0.717, 1.165) is 42.1 Å². The van der Waals surface area contributed by atoms with Gasteiger partial charge >= 0.3 is 0 Å². The van der Waals surface area contributed by atoms with Crippen molar-refractivity contribution in [3.8, 4) is 5.75 Å². The summed E-state index contributed by atoms with van der Waals surface area (Å²) in [6.45, 7) is 0. The lowest BCUT2D eigenvalue weighted by atomic mass is 9.94. The van der Waals surface area contributed by atoms with Gasteiger partial charge in [0.2, 0.25) is 11.8 Å². The van der Waals surface area contributed by atoms with Crippen LogP contribution in [-0.4, -0.2) is 29.9 Å². The summed E-state index contributed by atoms with van der Waals surface area (Å²) in [5, 5.41) is 14.5. The number of hydrogen-bond donors (Lipinski definition) is 1. The third-order valence-electron chi connectivity index (χ3n) is 7.01. The number of benzene rings is 3. The Morgan fingerprint density at radius 2 is 1.74 bits per heavy atom. The van der Waals surface area contributed by atoms with E-state index in [9.17, 15) is 19.7 Å². The topological polar surface area (TPSA) is 102 Å². The number of aryl methyl sites for hydroxylation is 1. The Hall–Kier alpha value is -3.72. The second-order valence-corrected chi connectivity index (χ2v) is 10.6. The lowest BCUT2D eigenvalue weighted by molar-refractivity contribution is -0.384. The lowest BCUT2D eigenvalue weighted by Crippen LogP contribution is -2.47. The Morgan fingerprint density at radius 1 is 1.05 bits per heavy atom. The number of methoxy groups -OCH3 is 1. The van der Waals surface area contributed by atoms with E-state index >= 15 is 0 Å². The van der Waals surface area contributed by atoms with Crippen LogP contribution in [0.5, 0.6) is 5.75 Å². The molecule has 3 aromatic carbocycles. The SMILES string of the molecule is COc1cccc(CCC(=O)N(c2ccc(Br)cc2)C(C(=O)NC2CCCCC2)c2ccc([N+](=O)[O-])cc2)c1. The van der Waals surface area contributed by atoms with Crippen molar-refractivity contribution >= 4 is 39.1 Å². The maximum Gasteiger partial charge on any atom is 0.269 e. The minimum atomic E-state index is -0.994. The molecule has 0 aliphatic heterocycles. The van der Waals surface area contributed by atoms with Crippen molar-refractivity contribution < 1.29 is 19.2 Å². The summed E-state index contributed by atoms with van der Waals surface area (Å²) in [4.78, 5) is 40.2. The number of rotatable bonds is 10. The fraction of sp³-hybridized carbons (Fsp3) is 0.333. The number of halogens is 1. The Kier molecular flexibility index (Phi) is 9.70. The van der Waals surface area contributed by atoms with Crippen molar-refractivity contribution in [3.63, 3.8) is 0 Å². The zero-order valence-corrected chi connectivity index (χ0v) is 23.4. The first-order chi connectivity index (χ1) is 18.9. The molecule has 204 valence electrons. The molecular weight excluding hydrogens is 562 g/mol. The van der Waals surface area contributed by atoms with E-state index in [1.165, 1.54) is 17.0 Å². The Labute approximate surface area is 236 Å². The molecule has 0 spiro atoms. The van der Waals surface area contributed by atoms with E-state index in [2.05, 4.69) is 21.2 Å². The minimum Gasteiger partial charge on any atom is -0.497 e. The molecule has 1 saturated carbocycles. The molecule has 2 amide bonds. The number of nitrogens with one attached hydrogen (secondary N) is 1. The molecule has 0 aromatic heterocycles. The molecule has 0 saturated heterocycles. The number of nitro groups is 1. The summed E-state index contributed by atoms with van der Waals surface area (Å²) >= 11 is 3.45. The highest BCUT2D eigenvalue weighted by Gasteiger charge is 2.34. The molecule has 39 heavy (non-hydrogen) atoms. The molecule has 0 heterocycles. The molecule has 1 fully saturated rings. The van der Waals surface area contributed by atoms with E-state index in [-0.39, 0.29) is 30.0 Å². The van der Waals surface area contributed by atoms with Gasteiger partial charge in [-0.15, -0.1) is 0 Å². The monoisotopic (exact) mass is 593 g/mol. The normalized spacial score (nSPS) is 14.3. The van der Waals surface area contributed by atoms with Crippen molar-refractivity contribution in [1.82, 2.24) is 5.32 Å². The molecule has 1 unspecified atom stereocenters. The fourth-order valence-corrected chi connectivity index (χ4v) is 5.23. The number of anilines is 1. The van der Waals surface area contributed by atoms with Gasteiger partial charge in [0.25, 0.3) is 5.69 Å². The van der Waals surface area contributed by atoms with Crippen molar-refractivity contribution in [2.75, 3.05) is 12.0 Å². The molecule has 0 radical (unpaired) electrons. The van der Waals surface area contributed by atoms with E-state index in [1.807, 2.05) is 36.4 Å². The molecule has 1 N–H and O–H groups in total. The van der Waals surface area contributed by atoms with Crippen LogP contribution in [0.2, 0.25) is 0 Å². The molecule has 0 bridgehead atoms. The summed E-state index contributed by atoms with van der Waals surface area (Å²) in [7, 11) is 1.60. The summed E-state index contributed by atoms with van der Waals surface area (Å²) in [5.74, 6) is 0.177. The summed E-state index contributed by atoms with van der Waals surface area (Å²) in [6.07, 6.45) is 5.63. The molecule has 4 rings (SSSR count). The number of hydrogen-bond acceptors (Lipinski definition) is 5. The summed E-state index contributed by atoms with van der Waals surface area (Å²) in [5.41, 5.74) is 1.93. The number of ether oxygens (including phenoxy) is 1. The predicted octanol–water partition coefficient (Wildman–Crippen LogP) is 6.52. The van der Waals surface area contributed by atoms with Crippen LogP contribution in [0.1, 0.15) is 55.7 Å². The van der Waals surface area contributed by atoms with Crippen LogP contribution in [0.4, 0.5) is 11.4 Å². The quantitative estimate of drug-likeness (QED) is 0.213. The fourth-order valence-electron chi connectivity index (χ4n) is 4.96. The van der Waals surface area contributed by atoms with Crippen molar-refractivity contribution in [3.05, 3.63) is 98.5 Å². The maximum absolute atomic E-state index is 13.9. The van der Waals surface area contributed by atoms with E-state index in [4.69, 9.17) is 4.74 Å². The Morgan fingerprint density at radius 3 is 2.38 bits per heavy atom. The van der Waals surface area contributed by atoms with Gasteiger partial charge in [-0.05, 0) is 78.9 Å². The van der Waals surface area contributed by atoms with Crippen molar-refractivity contribution in [1.29, 1.82) is 0 Å². The summed E-state index contributed by atoms with van der Waals surface area (Å²) < 4.78 is 6.16. The number of carbonyl (C=O) groups excluding carboxylic acids is 2. The van der Waals surface area contributed by atoms with Crippen LogP contribution >= 0.6 is 15.9 Å². The number of carbonyl (C=O) groups is 2. The molecule has 1 aliphatic carbocycles. The first-order valence-corrected chi connectivity index (χ1v) is 13.9. The molecule has 3 aromatic rings. The van der Waals surface area contributed by atoms with Gasteiger partial charge in [0, 0.05) is 34.8 Å². The highest BCUT2D eigenvalue weighted by molar-refractivity contribution is 9.10. The van der Waals surface area contributed by atoms with Crippen LogP contribution in [0.15, 0.2) is 77.3 Å². The van der Waals surface area contributed by atoms with Crippen LogP contribution in [0.3, 0.4) is 0 Å². The third-order valence-corrected chi connectivity index (χ3v) is 7.54. The van der Waals surface area contributed by atoms with E-state index in [1.54, 1.807) is 31.4 Å². The van der Waals surface area contributed by atoms with Crippen LogP contribution < -0.4 is 15.0 Å². The second kappa shape index (κ2) is 13.4. The lowest BCUT2D eigenvalue weighted by Gasteiger charge is -2.33. The third kappa shape index (κ3) is 7.44. The average Bonchev–Trinajstić information content (AvgIpc) is 2.96. The zero-order valence-electron chi connectivity index (χ0n) is 21.8. The van der Waals surface area contributed by atoms with E-state index < -0.39 is 11.0 Å². The van der Waals surface area contributed by atoms with Crippen LogP contribution in [0, 0.1) is 10.1 Å². The predicted molar refractivity (Wildman–Crippen MR) is 154 cm³/mol. The zero-order chi connectivity index (χ0) is 27.8. The molecule has 9 heteroatoms. The minimum absolute atomic E-state index is 0.0328. The average molecular weight is 595 g/mol. The number of non-ortho nitro benzene ring substituents is 1. The smallest absolute Gasteiger partial charge is 0.269 e. The largest absolute Gasteiger partial charge is 0.497 e. The first kappa shape index (κ1) is 28.3. The maximum atomic E-state index is 13.9. The molecule has 1 atom stereocenters. The molecular formula is C30H32BrN3O5. The van der Waals surface area contributed by atoms with Gasteiger partial charge in [0.05, 0.1) is 12.0 Å². The van der Waals surface area contributed by atoms with Gasteiger partial charge in [0.15, 0.2) is 0 Å². The van der Waals surface area contributed by atoms with Gasteiger partial charge in [-0.25, -0.2) is 0 Å². The Balaban J connectivity index is 1.70. The van der Waals surface area contributed by atoms with Gasteiger partial charge in [-0.2, -0.15) is 0 Å². The highest BCUT2D eigenvalue weighted by Crippen LogP contribution is 2.32. The van der Waals surface area contributed by atoms with Gasteiger partial charge in [-0.1, -0.05) is 47.3 Å². The Bertz CT molecular complexity index is 1290. The van der Waals surface area contributed by atoms with Crippen LogP contribution in [-0.2, 0) is 16.0 Å². The van der Waals surface area contributed by atoms with Gasteiger partial charge in [-0.3, -0.25) is 24.6 Å². The van der Waals surface area contributed by atoms with Gasteiger partial charge < -0.3 is 10.1 Å². The van der Waals surface area contributed by atoms with Crippen molar-refractivity contribution in [2.24, 2.45) is 0 Å².